The Morgan fingerprint density at radius 1 is 1.19 bits per heavy atom. The van der Waals surface area contributed by atoms with E-state index in [1.165, 1.54) is 7.11 Å². The van der Waals surface area contributed by atoms with Crippen LogP contribution in [0.3, 0.4) is 0 Å². The summed E-state index contributed by atoms with van der Waals surface area (Å²) in [5.41, 5.74) is 2.37. The molecule has 3 rings (SSSR count). The number of aromatic nitrogens is 1. The molecule has 0 spiro atoms. The van der Waals surface area contributed by atoms with E-state index in [0.29, 0.717) is 17.9 Å². The van der Waals surface area contributed by atoms with Gasteiger partial charge in [-0.3, -0.25) is 0 Å². The monoisotopic (exact) mass is 354 g/mol. The minimum absolute atomic E-state index is 0.143. The number of hydrogen-bond acceptors (Lipinski definition) is 4. The maximum Gasteiger partial charge on any atom is 0.340 e. The van der Waals surface area contributed by atoms with Crippen molar-refractivity contribution in [3.8, 4) is 22.8 Å². The number of carboxylic acid groups (broad SMARTS) is 1. The number of benzene rings is 2. The number of H-pyrrole nitrogens is 1. The summed E-state index contributed by atoms with van der Waals surface area (Å²) < 4.78 is 11.0. The minimum atomic E-state index is -1.02. The number of hydrogen-bond donors (Lipinski definition) is 2. The highest BCUT2D eigenvalue weighted by Gasteiger charge is 2.18. The normalized spacial score (nSPS) is 11.1. The Morgan fingerprint density at radius 3 is 2.69 bits per heavy atom. The first kappa shape index (κ1) is 17.8. The quantitative estimate of drug-likeness (QED) is 0.679. The first-order valence-corrected chi connectivity index (χ1v) is 8.30. The first-order valence-electron chi connectivity index (χ1n) is 8.30. The average molecular weight is 354 g/mol. The molecule has 6 nitrogen and oxygen atoms in total. The molecule has 3 aromatic rings. The third kappa shape index (κ3) is 3.65. The Bertz CT molecular complexity index is 931. The summed E-state index contributed by atoms with van der Waals surface area (Å²) in [7, 11) is 5.46. The van der Waals surface area contributed by atoms with Gasteiger partial charge in [0.05, 0.1) is 7.11 Å². The molecule has 2 N–H and O–H groups in total. The molecule has 0 fully saturated rings. The van der Waals surface area contributed by atoms with Crippen molar-refractivity contribution < 1.29 is 19.4 Å². The van der Waals surface area contributed by atoms with E-state index in [1.54, 1.807) is 18.2 Å². The summed E-state index contributed by atoms with van der Waals surface area (Å²) >= 11 is 0. The molecule has 0 aliphatic heterocycles. The van der Waals surface area contributed by atoms with Gasteiger partial charge in [0.25, 0.3) is 0 Å². The second-order valence-corrected chi connectivity index (χ2v) is 6.27. The van der Waals surface area contributed by atoms with Crippen molar-refractivity contribution in [2.75, 3.05) is 34.4 Å². The van der Waals surface area contributed by atoms with Crippen LogP contribution >= 0.6 is 0 Å². The van der Waals surface area contributed by atoms with Crippen LogP contribution < -0.4 is 9.47 Å². The molecule has 0 atom stereocenters. The van der Waals surface area contributed by atoms with Gasteiger partial charge >= 0.3 is 5.97 Å². The van der Waals surface area contributed by atoms with Gasteiger partial charge in [0.1, 0.15) is 23.7 Å². The molecule has 0 aliphatic rings. The maximum absolute atomic E-state index is 11.7. The Labute approximate surface area is 152 Å². The van der Waals surface area contributed by atoms with Crippen LogP contribution in [0.15, 0.2) is 42.5 Å². The Hall–Kier alpha value is -2.99. The highest BCUT2D eigenvalue weighted by Crippen LogP contribution is 2.33. The zero-order valence-corrected chi connectivity index (χ0v) is 15.1. The molecule has 0 radical (unpaired) electrons. The molecule has 1 heterocycles. The molecule has 0 aliphatic carbocycles. The fraction of sp³-hybridized carbons (Fsp3) is 0.250. The van der Waals surface area contributed by atoms with Crippen LogP contribution in [-0.4, -0.2) is 55.3 Å². The Kier molecular flexibility index (Phi) is 5.14. The van der Waals surface area contributed by atoms with Crippen LogP contribution in [0.5, 0.6) is 11.5 Å². The van der Waals surface area contributed by atoms with Gasteiger partial charge in [-0.1, -0.05) is 12.1 Å². The fourth-order valence-corrected chi connectivity index (χ4v) is 2.84. The fourth-order valence-electron chi connectivity index (χ4n) is 2.84. The number of aromatic amines is 1. The molecule has 0 saturated heterocycles. The van der Waals surface area contributed by atoms with Gasteiger partial charge in [-0.15, -0.1) is 0 Å². The number of nitrogens with zero attached hydrogens (tertiary/aromatic N) is 1. The van der Waals surface area contributed by atoms with E-state index >= 15 is 0 Å². The van der Waals surface area contributed by atoms with E-state index in [2.05, 4.69) is 9.88 Å². The minimum Gasteiger partial charge on any atom is -0.496 e. The largest absolute Gasteiger partial charge is 0.496 e. The summed E-state index contributed by atoms with van der Waals surface area (Å²) in [6, 6.07) is 12.9. The first-order chi connectivity index (χ1) is 12.5. The van der Waals surface area contributed by atoms with Gasteiger partial charge in [-0.25, -0.2) is 4.79 Å². The third-order valence-corrected chi connectivity index (χ3v) is 4.15. The molecular formula is C20H22N2O4. The molecular weight excluding hydrogens is 332 g/mol. The second kappa shape index (κ2) is 7.49. The average Bonchev–Trinajstić information content (AvgIpc) is 3.03. The van der Waals surface area contributed by atoms with Crippen molar-refractivity contribution in [1.82, 2.24) is 9.88 Å². The van der Waals surface area contributed by atoms with Gasteiger partial charge in [-0.2, -0.15) is 0 Å². The molecule has 0 amide bonds. The van der Waals surface area contributed by atoms with Crippen molar-refractivity contribution in [3.63, 3.8) is 0 Å². The van der Waals surface area contributed by atoms with Crippen LogP contribution in [0, 0.1) is 0 Å². The van der Waals surface area contributed by atoms with Crippen LogP contribution in [-0.2, 0) is 0 Å². The summed E-state index contributed by atoms with van der Waals surface area (Å²) in [5, 5.41) is 10.5. The van der Waals surface area contributed by atoms with Gasteiger partial charge in [-0.05, 0) is 44.4 Å². The van der Waals surface area contributed by atoms with Gasteiger partial charge < -0.3 is 24.5 Å². The van der Waals surface area contributed by atoms with Crippen LogP contribution in [0.2, 0.25) is 0 Å². The lowest BCUT2D eigenvalue weighted by atomic mass is 10.0. The van der Waals surface area contributed by atoms with E-state index in [1.807, 2.05) is 38.4 Å². The lowest BCUT2D eigenvalue weighted by Gasteiger charge is -2.10. The number of aromatic carboxylic acids is 1. The smallest absolute Gasteiger partial charge is 0.340 e. The Morgan fingerprint density at radius 2 is 2.00 bits per heavy atom. The van der Waals surface area contributed by atoms with Crippen LogP contribution in [0.25, 0.3) is 22.2 Å². The van der Waals surface area contributed by atoms with E-state index in [-0.39, 0.29) is 5.56 Å². The lowest BCUT2D eigenvalue weighted by Crippen LogP contribution is -2.19. The zero-order chi connectivity index (χ0) is 18.7. The van der Waals surface area contributed by atoms with Gasteiger partial charge in [0, 0.05) is 28.7 Å². The molecule has 2 aromatic carbocycles. The number of fused-ring (bicyclic) bond motifs is 1. The molecule has 0 bridgehead atoms. The summed E-state index contributed by atoms with van der Waals surface area (Å²) in [5.74, 6) is 0.0965. The zero-order valence-electron chi connectivity index (χ0n) is 15.1. The van der Waals surface area contributed by atoms with Gasteiger partial charge in [0.15, 0.2) is 0 Å². The number of ether oxygens (including phenoxy) is 2. The van der Waals surface area contributed by atoms with Crippen molar-refractivity contribution in [2.45, 2.75) is 0 Å². The number of carbonyl (C=O) groups is 1. The van der Waals surface area contributed by atoms with Crippen LogP contribution in [0.1, 0.15) is 10.4 Å². The highest BCUT2D eigenvalue weighted by molar-refractivity contribution is 6.00. The highest BCUT2D eigenvalue weighted by atomic mass is 16.5. The summed E-state index contributed by atoms with van der Waals surface area (Å²) in [6.07, 6.45) is 0. The third-order valence-electron chi connectivity index (χ3n) is 4.15. The van der Waals surface area contributed by atoms with E-state index < -0.39 is 5.97 Å². The Balaban J connectivity index is 1.96. The SMILES string of the molecule is COc1cccc(-c2cc3cc(OCCN(C)C)ccc3[nH]2)c1C(=O)O. The number of methoxy groups -OCH3 is 1. The second-order valence-electron chi connectivity index (χ2n) is 6.27. The number of likely N-dealkylation sites (N-methyl/N-ethyl adjacent to an activating group) is 1. The predicted molar refractivity (Wildman–Crippen MR) is 101 cm³/mol. The number of nitrogens with one attached hydrogen (secondary N) is 1. The van der Waals surface area contributed by atoms with Gasteiger partial charge in [0.2, 0.25) is 0 Å². The predicted octanol–water partition coefficient (Wildman–Crippen LogP) is 3.48. The van der Waals surface area contributed by atoms with E-state index in [4.69, 9.17) is 9.47 Å². The van der Waals surface area contributed by atoms with Crippen LogP contribution in [0.4, 0.5) is 0 Å². The van der Waals surface area contributed by atoms with Crippen molar-refractivity contribution >= 4 is 16.9 Å². The number of rotatable bonds is 7. The van der Waals surface area contributed by atoms with E-state index in [9.17, 15) is 9.90 Å². The van der Waals surface area contributed by atoms with Crippen molar-refractivity contribution in [1.29, 1.82) is 0 Å². The van der Waals surface area contributed by atoms with Crippen molar-refractivity contribution in [3.05, 3.63) is 48.0 Å². The topological polar surface area (TPSA) is 74.8 Å². The summed E-state index contributed by atoms with van der Waals surface area (Å²) in [6.45, 7) is 1.44. The maximum atomic E-state index is 11.7. The van der Waals surface area contributed by atoms with Crippen molar-refractivity contribution in [2.24, 2.45) is 0 Å². The molecule has 136 valence electrons. The molecule has 1 aromatic heterocycles. The molecule has 6 heteroatoms. The molecule has 0 saturated carbocycles. The molecule has 0 unspecified atom stereocenters. The lowest BCUT2D eigenvalue weighted by molar-refractivity contribution is 0.0694. The standard InChI is InChI=1S/C20H22N2O4/c1-22(2)9-10-26-14-7-8-16-13(11-14)12-17(21-16)15-5-4-6-18(25-3)19(15)20(23)24/h4-8,11-12,21H,9-10H2,1-3H3,(H,23,24). The summed E-state index contributed by atoms with van der Waals surface area (Å²) in [4.78, 5) is 17.0. The van der Waals surface area contributed by atoms with E-state index in [0.717, 1.165) is 28.9 Å². The molecule has 26 heavy (non-hydrogen) atoms. The number of carboxylic acids is 1.